The van der Waals surface area contributed by atoms with Crippen molar-refractivity contribution in [2.45, 2.75) is 18.6 Å². The summed E-state index contributed by atoms with van der Waals surface area (Å²) in [6.07, 6.45) is 0.862. The number of nitrogens with two attached hydrogens (primary N) is 1. The maximum Gasteiger partial charge on any atom is 0.228 e. The minimum absolute atomic E-state index is 0.00305. The molecular formula is C12H14N4O2. The molecule has 1 amide bonds. The summed E-state index contributed by atoms with van der Waals surface area (Å²) in [5.74, 6) is -0.309. The lowest BCUT2D eigenvalue weighted by Crippen LogP contribution is -2.39. The van der Waals surface area contributed by atoms with E-state index in [-0.39, 0.29) is 24.0 Å². The van der Waals surface area contributed by atoms with Gasteiger partial charge < -0.3 is 15.8 Å². The van der Waals surface area contributed by atoms with E-state index in [1.165, 1.54) is 0 Å². The van der Waals surface area contributed by atoms with E-state index in [0.717, 1.165) is 23.1 Å². The highest BCUT2D eigenvalue weighted by molar-refractivity contribution is 5.99. The predicted octanol–water partition coefficient (Wildman–Crippen LogP) is -0.570. The van der Waals surface area contributed by atoms with Crippen LogP contribution in [-0.2, 0) is 16.0 Å². The van der Waals surface area contributed by atoms with Crippen LogP contribution in [-0.4, -0.2) is 18.4 Å². The topological polar surface area (TPSA) is 96.2 Å². The first-order valence-electron chi connectivity index (χ1n) is 5.83. The van der Waals surface area contributed by atoms with Crippen molar-refractivity contribution in [1.29, 1.82) is 0 Å². The minimum atomic E-state index is -0.388. The van der Waals surface area contributed by atoms with Gasteiger partial charge in [-0.3, -0.25) is 4.79 Å². The first-order valence-corrected chi connectivity index (χ1v) is 5.83. The zero-order chi connectivity index (χ0) is 12.7. The Morgan fingerprint density at radius 2 is 2.17 bits per heavy atom. The number of hydrogen-bond acceptors (Lipinski definition) is 5. The van der Waals surface area contributed by atoms with Gasteiger partial charge in [0.1, 0.15) is 6.29 Å². The largest absolute Gasteiger partial charge is 0.326 e. The van der Waals surface area contributed by atoms with E-state index in [1.807, 2.05) is 18.2 Å². The SMILES string of the molecule is NC1NNC(c2ccc3c(c2)CC(=O)N3)C1C=O. The van der Waals surface area contributed by atoms with Crippen LogP contribution in [0.3, 0.4) is 0 Å². The molecule has 6 nitrogen and oxygen atoms in total. The fourth-order valence-electron chi connectivity index (χ4n) is 2.50. The van der Waals surface area contributed by atoms with E-state index in [2.05, 4.69) is 16.2 Å². The third-order valence-electron chi connectivity index (χ3n) is 3.48. The molecule has 0 saturated carbocycles. The van der Waals surface area contributed by atoms with Crippen molar-refractivity contribution in [3.8, 4) is 0 Å². The Bertz CT molecular complexity index is 517. The first kappa shape index (κ1) is 11.3. The molecule has 2 aliphatic rings. The van der Waals surface area contributed by atoms with Crippen LogP contribution in [0.5, 0.6) is 0 Å². The second-order valence-corrected chi connectivity index (χ2v) is 4.65. The molecule has 0 bridgehead atoms. The Morgan fingerprint density at radius 3 is 2.94 bits per heavy atom. The molecule has 0 spiro atoms. The number of carbonyl (C=O) groups is 2. The summed E-state index contributed by atoms with van der Waals surface area (Å²) in [4.78, 5) is 22.4. The van der Waals surface area contributed by atoms with E-state index in [4.69, 9.17) is 5.73 Å². The highest BCUT2D eigenvalue weighted by atomic mass is 16.1. The first-order chi connectivity index (χ1) is 8.69. The number of benzene rings is 1. The fraction of sp³-hybridized carbons (Fsp3) is 0.333. The molecule has 5 N–H and O–H groups in total. The van der Waals surface area contributed by atoms with Crippen molar-refractivity contribution in [2.24, 2.45) is 11.7 Å². The molecule has 3 atom stereocenters. The highest BCUT2D eigenvalue weighted by Crippen LogP contribution is 2.30. The lowest BCUT2D eigenvalue weighted by molar-refractivity contribution is -0.115. The second-order valence-electron chi connectivity index (χ2n) is 4.65. The molecule has 2 aliphatic heterocycles. The van der Waals surface area contributed by atoms with Crippen LogP contribution in [0.2, 0.25) is 0 Å². The maximum absolute atomic E-state index is 11.3. The summed E-state index contributed by atoms with van der Waals surface area (Å²) < 4.78 is 0. The number of nitrogens with one attached hydrogen (secondary N) is 3. The van der Waals surface area contributed by atoms with Gasteiger partial charge in [-0.25, -0.2) is 10.9 Å². The normalized spacial score (nSPS) is 30.1. The van der Waals surface area contributed by atoms with Crippen LogP contribution in [0, 0.1) is 5.92 Å². The lowest BCUT2D eigenvalue weighted by atomic mass is 9.93. The van der Waals surface area contributed by atoms with Gasteiger partial charge in [-0.2, -0.15) is 0 Å². The average molecular weight is 246 g/mol. The molecule has 1 aromatic carbocycles. The zero-order valence-corrected chi connectivity index (χ0v) is 9.64. The van der Waals surface area contributed by atoms with Crippen molar-refractivity contribution >= 4 is 17.9 Å². The van der Waals surface area contributed by atoms with Crippen molar-refractivity contribution in [2.75, 3.05) is 5.32 Å². The van der Waals surface area contributed by atoms with Gasteiger partial charge in [0.2, 0.25) is 5.91 Å². The summed E-state index contributed by atoms with van der Waals surface area (Å²) >= 11 is 0. The number of hydrogen-bond donors (Lipinski definition) is 4. The van der Waals surface area contributed by atoms with Crippen LogP contribution in [0.1, 0.15) is 17.2 Å². The Hall–Kier alpha value is -1.76. The summed E-state index contributed by atoms with van der Waals surface area (Å²) in [6, 6.07) is 5.56. The summed E-state index contributed by atoms with van der Waals surface area (Å²) in [6.45, 7) is 0. The number of rotatable bonds is 2. The molecule has 18 heavy (non-hydrogen) atoms. The van der Waals surface area contributed by atoms with Gasteiger partial charge in [0.05, 0.1) is 24.5 Å². The smallest absolute Gasteiger partial charge is 0.228 e. The van der Waals surface area contributed by atoms with Crippen LogP contribution in [0.15, 0.2) is 18.2 Å². The van der Waals surface area contributed by atoms with Gasteiger partial charge in [-0.05, 0) is 17.2 Å². The lowest BCUT2D eigenvalue weighted by Gasteiger charge is -2.16. The van der Waals surface area contributed by atoms with Gasteiger partial charge in [-0.1, -0.05) is 12.1 Å². The van der Waals surface area contributed by atoms with Gasteiger partial charge >= 0.3 is 0 Å². The Kier molecular flexibility index (Phi) is 2.62. The number of hydrazine groups is 1. The van der Waals surface area contributed by atoms with E-state index >= 15 is 0 Å². The van der Waals surface area contributed by atoms with Gasteiger partial charge in [0.25, 0.3) is 0 Å². The molecule has 2 heterocycles. The summed E-state index contributed by atoms with van der Waals surface area (Å²) in [5.41, 5.74) is 14.4. The number of aldehydes is 1. The van der Waals surface area contributed by atoms with Crippen molar-refractivity contribution < 1.29 is 9.59 Å². The molecule has 3 unspecified atom stereocenters. The standard InChI is InChI=1S/C12H14N4O2/c13-12-8(5-17)11(15-16-12)6-1-2-9-7(3-6)4-10(18)14-9/h1-3,5,8,11-12,15-16H,4,13H2,(H,14,18). The summed E-state index contributed by atoms with van der Waals surface area (Å²) in [7, 11) is 0. The highest BCUT2D eigenvalue weighted by Gasteiger charge is 2.34. The molecule has 94 valence electrons. The zero-order valence-electron chi connectivity index (χ0n) is 9.64. The van der Waals surface area contributed by atoms with Gasteiger partial charge in [-0.15, -0.1) is 0 Å². The molecule has 0 aliphatic carbocycles. The number of anilines is 1. The molecular weight excluding hydrogens is 232 g/mol. The maximum atomic E-state index is 11.3. The number of carbonyl (C=O) groups excluding carboxylic acids is 2. The Labute approximate surface area is 104 Å². The number of amides is 1. The second kappa shape index (κ2) is 4.16. The van der Waals surface area contributed by atoms with Gasteiger partial charge in [0, 0.05) is 5.69 Å². The van der Waals surface area contributed by atoms with Crippen LogP contribution in [0.25, 0.3) is 0 Å². The molecule has 3 rings (SSSR count). The molecule has 1 fully saturated rings. The monoisotopic (exact) mass is 246 g/mol. The van der Waals surface area contributed by atoms with Crippen molar-refractivity contribution in [3.05, 3.63) is 29.3 Å². The number of fused-ring (bicyclic) bond motifs is 1. The molecule has 1 aromatic rings. The van der Waals surface area contributed by atoms with E-state index in [9.17, 15) is 9.59 Å². The third-order valence-corrected chi connectivity index (χ3v) is 3.48. The molecule has 0 radical (unpaired) electrons. The Balaban J connectivity index is 1.92. The minimum Gasteiger partial charge on any atom is -0.326 e. The van der Waals surface area contributed by atoms with Crippen LogP contribution < -0.4 is 21.9 Å². The van der Waals surface area contributed by atoms with E-state index in [0.29, 0.717) is 6.42 Å². The van der Waals surface area contributed by atoms with E-state index < -0.39 is 0 Å². The quantitative estimate of drug-likeness (QED) is 0.524. The van der Waals surface area contributed by atoms with Gasteiger partial charge in [0.15, 0.2) is 0 Å². The van der Waals surface area contributed by atoms with E-state index in [1.54, 1.807) is 0 Å². The average Bonchev–Trinajstić information content (AvgIpc) is 2.89. The molecule has 0 aromatic heterocycles. The molecule has 6 heteroatoms. The van der Waals surface area contributed by atoms with Crippen molar-refractivity contribution in [3.63, 3.8) is 0 Å². The molecule has 1 saturated heterocycles. The third kappa shape index (κ3) is 1.71. The van der Waals surface area contributed by atoms with Crippen LogP contribution >= 0.6 is 0 Å². The predicted molar refractivity (Wildman–Crippen MR) is 65.3 cm³/mol. The van der Waals surface area contributed by atoms with Crippen LogP contribution in [0.4, 0.5) is 5.69 Å². The Morgan fingerprint density at radius 1 is 1.33 bits per heavy atom. The van der Waals surface area contributed by atoms with Crippen molar-refractivity contribution in [1.82, 2.24) is 10.9 Å². The fourth-order valence-corrected chi connectivity index (χ4v) is 2.50. The summed E-state index contributed by atoms with van der Waals surface area (Å²) in [5, 5.41) is 2.78.